The Bertz CT molecular complexity index is 159. The Kier molecular flexibility index (Phi) is 5.15. The van der Waals surface area contributed by atoms with E-state index in [2.05, 4.69) is 29.3 Å². The van der Waals surface area contributed by atoms with Gasteiger partial charge in [-0.05, 0) is 49.4 Å². The first kappa shape index (κ1) is 12.7. The van der Waals surface area contributed by atoms with Gasteiger partial charge in [-0.1, -0.05) is 6.42 Å². The minimum Gasteiger partial charge on any atom is -0.270 e. The minimum absolute atomic E-state index is 0.191. The van der Waals surface area contributed by atoms with Crippen molar-refractivity contribution < 1.29 is 0 Å². The van der Waals surface area contributed by atoms with Crippen LogP contribution in [0.4, 0.5) is 0 Å². The molecule has 0 aromatic heterocycles. The van der Waals surface area contributed by atoms with E-state index in [0.29, 0.717) is 0 Å². The monoisotopic (exact) mass is 237 g/mol. The summed E-state index contributed by atoms with van der Waals surface area (Å²) in [4.78, 5) is 0. The first-order valence-corrected chi connectivity index (χ1v) is 10.6. The molecule has 1 aliphatic heterocycles. The summed E-state index contributed by atoms with van der Waals surface area (Å²) >= 11 is 0.191. The molecule has 0 radical (unpaired) electrons. The summed E-state index contributed by atoms with van der Waals surface area (Å²) in [6.07, 6.45) is 14.1. The molecule has 1 nitrogen and oxygen atoms in total. The van der Waals surface area contributed by atoms with E-state index in [1.54, 1.807) is 0 Å². The van der Waals surface area contributed by atoms with Crippen LogP contribution < -0.4 is 0 Å². The zero-order valence-electron chi connectivity index (χ0n) is 10.3. The predicted molar refractivity (Wildman–Crippen MR) is 75.4 cm³/mol. The van der Waals surface area contributed by atoms with Crippen molar-refractivity contribution in [3.8, 4) is 0 Å². The van der Waals surface area contributed by atoms with E-state index in [4.69, 9.17) is 0 Å². The maximum absolute atomic E-state index is 2.75. The fraction of sp³-hybridized carbons (Fsp3) is 1.00. The summed E-state index contributed by atoms with van der Waals surface area (Å²) in [5, 5.41) is 0. The Balaban J connectivity index is 2.23. The third-order valence-corrected chi connectivity index (χ3v) is 6.81. The van der Waals surface area contributed by atoms with Gasteiger partial charge < -0.3 is 0 Å². The molecule has 0 amide bonds. The molecular formula is C11H27NS2. The second-order valence-corrected chi connectivity index (χ2v) is 12.1. The second-order valence-electron chi connectivity index (χ2n) is 5.19. The van der Waals surface area contributed by atoms with Crippen LogP contribution in [0, 0.1) is 0 Å². The van der Waals surface area contributed by atoms with E-state index >= 15 is 0 Å². The molecule has 0 N–H and O–H groups in total. The Morgan fingerprint density at radius 1 is 1.07 bits per heavy atom. The van der Waals surface area contributed by atoms with Crippen LogP contribution in [0.25, 0.3) is 0 Å². The molecule has 1 heterocycles. The Morgan fingerprint density at radius 3 is 2.14 bits per heavy atom. The van der Waals surface area contributed by atoms with Gasteiger partial charge in [0.1, 0.15) is 0 Å². The van der Waals surface area contributed by atoms with Crippen molar-refractivity contribution in [3.63, 3.8) is 0 Å². The topological polar surface area (TPSA) is 3.24 Å². The largest absolute Gasteiger partial charge is 0.270 e. The summed E-state index contributed by atoms with van der Waals surface area (Å²) in [7, 11) is -0.268. The molecule has 1 saturated heterocycles. The van der Waals surface area contributed by atoms with Gasteiger partial charge in [-0.3, -0.25) is 4.31 Å². The average Bonchev–Trinajstić information content (AvgIpc) is 2.14. The molecule has 0 bridgehead atoms. The van der Waals surface area contributed by atoms with E-state index in [1.807, 2.05) is 0 Å². The lowest BCUT2D eigenvalue weighted by molar-refractivity contribution is 0.377. The van der Waals surface area contributed by atoms with Crippen molar-refractivity contribution in [2.45, 2.75) is 19.3 Å². The first-order valence-electron chi connectivity index (χ1n) is 5.61. The molecule has 1 fully saturated rings. The highest BCUT2D eigenvalue weighted by molar-refractivity contribution is 8.32. The lowest BCUT2D eigenvalue weighted by atomic mass is 10.2. The van der Waals surface area contributed by atoms with Crippen molar-refractivity contribution in [1.82, 2.24) is 4.31 Å². The van der Waals surface area contributed by atoms with Crippen LogP contribution in [-0.4, -0.2) is 53.9 Å². The van der Waals surface area contributed by atoms with Crippen LogP contribution in [0.5, 0.6) is 0 Å². The molecule has 1 unspecified atom stereocenters. The Labute approximate surface area is 94.4 Å². The van der Waals surface area contributed by atoms with Crippen molar-refractivity contribution in [1.29, 1.82) is 0 Å². The fourth-order valence-corrected chi connectivity index (χ4v) is 6.26. The number of hydrogen-bond acceptors (Lipinski definition) is 1. The Hall–Kier alpha value is 0.660. The average molecular weight is 237 g/mol. The summed E-state index contributed by atoms with van der Waals surface area (Å²) in [5.41, 5.74) is 0. The molecule has 1 aliphatic rings. The van der Waals surface area contributed by atoms with Crippen LogP contribution in [0.1, 0.15) is 19.3 Å². The van der Waals surface area contributed by atoms with Gasteiger partial charge in [-0.15, -0.1) is 0 Å². The van der Waals surface area contributed by atoms with Crippen molar-refractivity contribution in [3.05, 3.63) is 0 Å². The molecule has 0 aromatic rings. The van der Waals surface area contributed by atoms with E-state index < -0.39 is 0 Å². The first-order chi connectivity index (χ1) is 6.49. The zero-order valence-corrected chi connectivity index (χ0v) is 12.0. The molecule has 0 aliphatic carbocycles. The van der Waals surface area contributed by atoms with Crippen LogP contribution in [0.2, 0.25) is 0 Å². The number of hydrogen-bond donors (Lipinski definition) is 1. The Morgan fingerprint density at radius 2 is 1.64 bits per heavy atom. The highest BCUT2D eigenvalue weighted by atomic mass is 32.3. The van der Waals surface area contributed by atoms with Gasteiger partial charge >= 0.3 is 0 Å². The van der Waals surface area contributed by atoms with Crippen LogP contribution in [-0.2, 0) is 0 Å². The van der Waals surface area contributed by atoms with Gasteiger partial charge in [0.25, 0.3) is 0 Å². The molecule has 0 saturated carbocycles. The molecular weight excluding hydrogens is 210 g/mol. The molecule has 1 rings (SSSR count). The quantitative estimate of drug-likeness (QED) is 0.736. The van der Waals surface area contributed by atoms with Gasteiger partial charge in [0.2, 0.25) is 0 Å². The lowest BCUT2D eigenvalue weighted by Crippen LogP contribution is -2.28. The van der Waals surface area contributed by atoms with E-state index in [9.17, 15) is 0 Å². The normalized spacial score (nSPS) is 24.7. The predicted octanol–water partition coefficient (Wildman–Crippen LogP) is 2.71. The van der Waals surface area contributed by atoms with Gasteiger partial charge in [-0.2, -0.15) is 0 Å². The van der Waals surface area contributed by atoms with Crippen molar-refractivity contribution in [2.24, 2.45) is 0 Å². The van der Waals surface area contributed by atoms with E-state index in [-0.39, 0.29) is 21.1 Å². The highest BCUT2D eigenvalue weighted by Crippen LogP contribution is 2.39. The third kappa shape index (κ3) is 4.94. The highest BCUT2D eigenvalue weighted by Gasteiger charge is 2.15. The standard InChI is InChI=1S/C11H27NS2/c1-13(10-11-14(2,3)4)12-8-6-5-7-9-12/h13H,5-11H2,1-4H3. The van der Waals surface area contributed by atoms with E-state index in [1.165, 1.54) is 43.9 Å². The van der Waals surface area contributed by atoms with E-state index in [0.717, 1.165) is 0 Å². The van der Waals surface area contributed by atoms with Gasteiger partial charge in [0.05, 0.1) is 0 Å². The number of thiol groups is 1. The van der Waals surface area contributed by atoms with Crippen LogP contribution in [0.3, 0.4) is 0 Å². The molecule has 14 heavy (non-hydrogen) atoms. The SMILES string of the molecule is C[SH](CCS(C)(C)C)N1CCCCC1. The van der Waals surface area contributed by atoms with Crippen LogP contribution in [0.15, 0.2) is 0 Å². The molecule has 1 atom stereocenters. The zero-order chi connectivity index (χ0) is 10.6. The van der Waals surface area contributed by atoms with Crippen LogP contribution >= 0.6 is 21.1 Å². The number of nitrogens with zero attached hydrogens (tertiary/aromatic N) is 1. The van der Waals surface area contributed by atoms with Crippen molar-refractivity contribution in [2.75, 3.05) is 49.6 Å². The smallest absolute Gasteiger partial charge is 0.00716 e. The second kappa shape index (κ2) is 5.66. The molecule has 88 valence electrons. The van der Waals surface area contributed by atoms with Gasteiger partial charge in [-0.25, -0.2) is 21.1 Å². The molecule has 3 heteroatoms. The minimum atomic E-state index is -0.268. The number of piperidine rings is 1. The van der Waals surface area contributed by atoms with Gasteiger partial charge in [0.15, 0.2) is 0 Å². The summed E-state index contributed by atoms with van der Waals surface area (Å²) in [5.74, 6) is 2.93. The maximum atomic E-state index is 2.75. The van der Waals surface area contributed by atoms with Gasteiger partial charge in [0, 0.05) is 13.1 Å². The summed E-state index contributed by atoms with van der Waals surface area (Å²) in [6, 6.07) is 0. The third-order valence-electron chi connectivity index (χ3n) is 2.84. The lowest BCUT2D eigenvalue weighted by Gasteiger charge is -2.37. The summed E-state index contributed by atoms with van der Waals surface area (Å²) in [6.45, 7) is 2.75. The maximum Gasteiger partial charge on any atom is 0.00716 e. The van der Waals surface area contributed by atoms with Crippen molar-refractivity contribution >= 4 is 21.1 Å². The fourth-order valence-electron chi connectivity index (χ4n) is 1.77. The summed E-state index contributed by atoms with van der Waals surface area (Å²) < 4.78 is 2.75. The molecule has 0 spiro atoms. The molecule has 0 aromatic carbocycles. The number of rotatable bonds is 4.